The first-order chi connectivity index (χ1) is 7.43. The van der Waals surface area contributed by atoms with E-state index in [4.69, 9.17) is 4.74 Å². The molecule has 0 heterocycles. The zero-order chi connectivity index (χ0) is 12.2. The Kier molecular flexibility index (Phi) is 5.26. The van der Waals surface area contributed by atoms with E-state index in [1.165, 1.54) is 19.3 Å². The number of hydrogen-bond acceptors (Lipinski definition) is 2. The third-order valence-corrected chi connectivity index (χ3v) is 3.48. The molecule has 0 radical (unpaired) electrons. The van der Waals surface area contributed by atoms with E-state index in [0.29, 0.717) is 17.6 Å². The summed E-state index contributed by atoms with van der Waals surface area (Å²) < 4.78 is 6.04. The van der Waals surface area contributed by atoms with Crippen molar-refractivity contribution in [2.75, 3.05) is 13.2 Å². The summed E-state index contributed by atoms with van der Waals surface area (Å²) in [7, 11) is 0. The lowest BCUT2D eigenvalue weighted by Crippen LogP contribution is -2.37. The van der Waals surface area contributed by atoms with Crippen molar-refractivity contribution in [3.05, 3.63) is 0 Å². The van der Waals surface area contributed by atoms with E-state index < -0.39 is 0 Å². The molecule has 3 unspecified atom stereocenters. The molecule has 0 aromatic heterocycles. The van der Waals surface area contributed by atoms with E-state index in [1.54, 1.807) is 0 Å². The summed E-state index contributed by atoms with van der Waals surface area (Å²) in [6, 6.07) is 0.477. The van der Waals surface area contributed by atoms with Gasteiger partial charge in [-0.15, -0.1) is 0 Å². The molecule has 0 aromatic carbocycles. The van der Waals surface area contributed by atoms with Gasteiger partial charge in [0.2, 0.25) is 0 Å². The van der Waals surface area contributed by atoms with Crippen molar-refractivity contribution in [1.29, 1.82) is 0 Å². The molecule has 2 heteroatoms. The highest BCUT2D eigenvalue weighted by Crippen LogP contribution is 2.39. The van der Waals surface area contributed by atoms with Gasteiger partial charge in [0, 0.05) is 6.04 Å². The maximum absolute atomic E-state index is 6.04. The van der Waals surface area contributed by atoms with E-state index >= 15 is 0 Å². The molecule has 2 nitrogen and oxygen atoms in total. The molecular formula is C14H29NO. The highest BCUT2D eigenvalue weighted by Gasteiger charge is 2.32. The lowest BCUT2D eigenvalue weighted by atomic mass is 9.71. The predicted octanol–water partition coefficient (Wildman–Crippen LogP) is 3.22. The minimum Gasteiger partial charge on any atom is -0.377 e. The van der Waals surface area contributed by atoms with Crippen molar-refractivity contribution >= 4 is 0 Å². The Morgan fingerprint density at radius 2 is 2.06 bits per heavy atom. The average molecular weight is 227 g/mol. The zero-order valence-electron chi connectivity index (χ0n) is 11.7. The van der Waals surface area contributed by atoms with Gasteiger partial charge in [-0.05, 0) is 44.1 Å². The molecule has 0 amide bonds. The molecule has 0 aromatic rings. The SMILES string of the molecule is CCNC(C)COC1CC(C)CC(C)(C)C1. The van der Waals surface area contributed by atoms with Crippen LogP contribution in [-0.2, 0) is 4.74 Å². The number of nitrogens with one attached hydrogen (secondary N) is 1. The Morgan fingerprint density at radius 1 is 1.38 bits per heavy atom. The molecule has 0 bridgehead atoms. The molecule has 1 aliphatic carbocycles. The van der Waals surface area contributed by atoms with Crippen molar-refractivity contribution in [3.8, 4) is 0 Å². The minimum absolute atomic E-state index is 0.462. The maximum Gasteiger partial charge on any atom is 0.0620 e. The van der Waals surface area contributed by atoms with Gasteiger partial charge in [-0.25, -0.2) is 0 Å². The van der Waals surface area contributed by atoms with Gasteiger partial charge in [0.05, 0.1) is 12.7 Å². The smallest absolute Gasteiger partial charge is 0.0620 e. The first-order valence-electron chi connectivity index (χ1n) is 6.78. The van der Waals surface area contributed by atoms with Crippen LogP contribution in [0.3, 0.4) is 0 Å². The van der Waals surface area contributed by atoms with Crippen LogP contribution < -0.4 is 5.32 Å². The van der Waals surface area contributed by atoms with Crippen LogP contribution in [0.25, 0.3) is 0 Å². The molecule has 16 heavy (non-hydrogen) atoms. The van der Waals surface area contributed by atoms with E-state index in [1.807, 2.05) is 0 Å². The number of rotatable bonds is 5. The van der Waals surface area contributed by atoms with Crippen LogP contribution in [0.4, 0.5) is 0 Å². The van der Waals surface area contributed by atoms with Crippen LogP contribution in [0.1, 0.15) is 53.9 Å². The second-order valence-corrected chi connectivity index (χ2v) is 6.33. The molecule has 0 spiro atoms. The van der Waals surface area contributed by atoms with E-state index in [-0.39, 0.29) is 0 Å². The quantitative estimate of drug-likeness (QED) is 0.778. The molecular weight excluding hydrogens is 198 g/mol. The van der Waals surface area contributed by atoms with Gasteiger partial charge in [-0.1, -0.05) is 27.7 Å². The Labute approximate surface area is 101 Å². The molecule has 0 aliphatic heterocycles. The second-order valence-electron chi connectivity index (χ2n) is 6.33. The van der Waals surface area contributed by atoms with Gasteiger partial charge in [0.15, 0.2) is 0 Å². The normalized spacial score (nSPS) is 31.3. The fraction of sp³-hybridized carbons (Fsp3) is 1.00. The van der Waals surface area contributed by atoms with Crippen molar-refractivity contribution in [3.63, 3.8) is 0 Å². The fourth-order valence-corrected chi connectivity index (χ4v) is 3.07. The summed E-state index contributed by atoms with van der Waals surface area (Å²) in [5.41, 5.74) is 0.462. The molecule has 1 fully saturated rings. The Balaban J connectivity index is 2.31. The number of hydrogen-bond donors (Lipinski definition) is 1. The van der Waals surface area contributed by atoms with Crippen molar-refractivity contribution in [1.82, 2.24) is 5.32 Å². The summed E-state index contributed by atoms with van der Waals surface area (Å²) in [5.74, 6) is 0.809. The summed E-state index contributed by atoms with van der Waals surface area (Å²) in [4.78, 5) is 0. The predicted molar refractivity (Wildman–Crippen MR) is 69.7 cm³/mol. The summed E-state index contributed by atoms with van der Waals surface area (Å²) in [6.07, 6.45) is 4.27. The molecule has 96 valence electrons. The van der Waals surface area contributed by atoms with Crippen LogP contribution in [0.2, 0.25) is 0 Å². The lowest BCUT2D eigenvalue weighted by molar-refractivity contribution is -0.0290. The highest BCUT2D eigenvalue weighted by atomic mass is 16.5. The van der Waals surface area contributed by atoms with Crippen LogP contribution in [0, 0.1) is 11.3 Å². The van der Waals surface area contributed by atoms with Gasteiger partial charge in [-0.3, -0.25) is 0 Å². The first-order valence-corrected chi connectivity index (χ1v) is 6.78. The first kappa shape index (κ1) is 14.0. The van der Waals surface area contributed by atoms with Crippen LogP contribution >= 0.6 is 0 Å². The number of ether oxygens (including phenoxy) is 1. The second kappa shape index (κ2) is 6.02. The number of likely N-dealkylation sites (N-methyl/N-ethyl adjacent to an activating group) is 1. The Bertz CT molecular complexity index is 203. The third kappa shape index (κ3) is 4.84. The molecule has 1 rings (SSSR count). The third-order valence-electron chi connectivity index (χ3n) is 3.48. The standard InChI is InChI=1S/C14H29NO/c1-6-15-12(3)10-16-13-7-11(2)8-14(4,5)9-13/h11-13,15H,6-10H2,1-5H3. The molecule has 1 N–H and O–H groups in total. The van der Waals surface area contributed by atoms with Crippen molar-refractivity contribution in [2.24, 2.45) is 11.3 Å². The van der Waals surface area contributed by atoms with Gasteiger partial charge in [0.25, 0.3) is 0 Å². The van der Waals surface area contributed by atoms with Gasteiger partial charge in [-0.2, -0.15) is 0 Å². The van der Waals surface area contributed by atoms with E-state index in [0.717, 1.165) is 19.1 Å². The van der Waals surface area contributed by atoms with Crippen LogP contribution in [-0.4, -0.2) is 25.3 Å². The zero-order valence-corrected chi connectivity index (χ0v) is 11.7. The topological polar surface area (TPSA) is 21.3 Å². The van der Waals surface area contributed by atoms with E-state index in [9.17, 15) is 0 Å². The van der Waals surface area contributed by atoms with Crippen LogP contribution in [0.5, 0.6) is 0 Å². The Morgan fingerprint density at radius 3 is 2.62 bits per heavy atom. The van der Waals surface area contributed by atoms with E-state index in [2.05, 4.69) is 39.9 Å². The highest BCUT2D eigenvalue weighted by molar-refractivity contribution is 4.83. The molecule has 1 aliphatic rings. The molecule has 0 saturated heterocycles. The van der Waals surface area contributed by atoms with Gasteiger partial charge in [0.1, 0.15) is 0 Å². The average Bonchev–Trinajstić information content (AvgIpc) is 2.12. The Hall–Kier alpha value is -0.0800. The van der Waals surface area contributed by atoms with Crippen LogP contribution in [0.15, 0.2) is 0 Å². The van der Waals surface area contributed by atoms with Gasteiger partial charge >= 0.3 is 0 Å². The monoisotopic (exact) mass is 227 g/mol. The van der Waals surface area contributed by atoms with Crippen molar-refractivity contribution in [2.45, 2.75) is 66.0 Å². The molecule has 1 saturated carbocycles. The largest absolute Gasteiger partial charge is 0.377 e. The lowest BCUT2D eigenvalue weighted by Gasteiger charge is -2.39. The maximum atomic E-state index is 6.04. The summed E-state index contributed by atoms with van der Waals surface area (Å²) >= 11 is 0. The molecule has 3 atom stereocenters. The minimum atomic E-state index is 0.462. The summed E-state index contributed by atoms with van der Waals surface area (Å²) in [6.45, 7) is 13.3. The summed E-state index contributed by atoms with van der Waals surface area (Å²) in [5, 5.41) is 3.39. The van der Waals surface area contributed by atoms with Gasteiger partial charge < -0.3 is 10.1 Å². The van der Waals surface area contributed by atoms with Crippen molar-refractivity contribution < 1.29 is 4.74 Å². The fourth-order valence-electron chi connectivity index (χ4n) is 3.07.